The summed E-state index contributed by atoms with van der Waals surface area (Å²) in [4.78, 5) is 21.7. The van der Waals surface area contributed by atoms with Crippen molar-refractivity contribution in [3.05, 3.63) is 23.8 Å². The number of amides is 1. The molecule has 4 nitrogen and oxygen atoms in total. The number of rotatable bonds is 3. The lowest BCUT2D eigenvalue weighted by atomic mass is 10.1. The molecule has 0 unspecified atom stereocenters. The molecule has 0 saturated carbocycles. The van der Waals surface area contributed by atoms with Gasteiger partial charge in [-0.2, -0.15) is 0 Å². The number of benzene rings is 1. The smallest absolute Gasteiger partial charge is 0.221 e. The highest BCUT2D eigenvalue weighted by molar-refractivity contribution is 5.89. The van der Waals surface area contributed by atoms with Crippen LogP contribution < -0.4 is 11.1 Å². The molecule has 0 heterocycles. The molecule has 1 rings (SSSR count). The van der Waals surface area contributed by atoms with Crippen LogP contribution in [-0.2, 0) is 16.0 Å². The summed E-state index contributed by atoms with van der Waals surface area (Å²) in [5, 5.41) is 2.62. The van der Waals surface area contributed by atoms with E-state index >= 15 is 0 Å². The van der Waals surface area contributed by atoms with Gasteiger partial charge in [0.15, 0.2) is 0 Å². The van der Waals surface area contributed by atoms with Crippen molar-refractivity contribution in [2.24, 2.45) is 0 Å². The predicted octanol–water partition coefficient (Wildman–Crippen LogP) is 1.36. The van der Waals surface area contributed by atoms with Crippen LogP contribution in [0.5, 0.6) is 0 Å². The van der Waals surface area contributed by atoms with E-state index in [4.69, 9.17) is 5.73 Å². The van der Waals surface area contributed by atoms with Crippen molar-refractivity contribution in [3.63, 3.8) is 0 Å². The number of nitrogens with two attached hydrogens (primary N) is 1. The number of carbonyl (C=O) groups excluding carboxylic acids is 2. The third-order valence-electron chi connectivity index (χ3n) is 1.91. The van der Waals surface area contributed by atoms with Gasteiger partial charge in [0.25, 0.3) is 0 Å². The van der Waals surface area contributed by atoms with Crippen molar-refractivity contribution in [1.82, 2.24) is 0 Å². The molecule has 0 spiro atoms. The lowest BCUT2D eigenvalue weighted by Crippen LogP contribution is -2.07. The minimum Gasteiger partial charge on any atom is -0.398 e. The van der Waals surface area contributed by atoms with Gasteiger partial charge >= 0.3 is 0 Å². The Morgan fingerprint density at radius 3 is 2.47 bits per heavy atom. The Hall–Kier alpha value is -1.84. The maximum absolute atomic E-state index is 10.9. The van der Waals surface area contributed by atoms with E-state index in [9.17, 15) is 9.59 Å². The van der Waals surface area contributed by atoms with Gasteiger partial charge in [0.2, 0.25) is 5.91 Å². The molecule has 0 bridgehead atoms. The van der Waals surface area contributed by atoms with Crippen LogP contribution in [0.25, 0.3) is 0 Å². The number of hydrogen-bond acceptors (Lipinski definition) is 3. The topological polar surface area (TPSA) is 72.2 Å². The largest absolute Gasteiger partial charge is 0.398 e. The van der Waals surface area contributed by atoms with Crippen molar-refractivity contribution in [1.29, 1.82) is 0 Å². The molecule has 0 aromatic heterocycles. The Bertz CT molecular complexity index is 400. The van der Waals surface area contributed by atoms with Gasteiger partial charge in [0.05, 0.1) is 0 Å². The van der Waals surface area contributed by atoms with E-state index < -0.39 is 0 Å². The molecule has 1 aromatic rings. The first-order valence-corrected chi connectivity index (χ1v) is 4.64. The predicted molar refractivity (Wildman–Crippen MR) is 59.5 cm³/mol. The van der Waals surface area contributed by atoms with Gasteiger partial charge in [-0.1, -0.05) is 6.07 Å². The van der Waals surface area contributed by atoms with E-state index in [1.165, 1.54) is 13.8 Å². The Kier molecular flexibility index (Phi) is 3.44. The molecule has 0 saturated heterocycles. The minimum absolute atomic E-state index is 0.0639. The van der Waals surface area contributed by atoms with E-state index in [0.29, 0.717) is 17.8 Å². The zero-order chi connectivity index (χ0) is 11.4. The summed E-state index contributed by atoms with van der Waals surface area (Å²) >= 11 is 0. The fourth-order valence-electron chi connectivity index (χ4n) is 1.31. The third kappa shape index (κ3) is 3.42. The Labute approximate surface area is 88.5 Å². The average Bonchev–Trinajstić information content (AvgIpc) is 2.08. The van der Waals surface area contributed by atoms with E-state index in [1.807, 2.05) is 0 Å². The number of hydrogen-bond donors (Lipinski definition) is 2. The second-order valence-corrected chi connectivity index (χ2v) is 3.47. The molecule has 0 aliphatic heterocycles. The van der Waals surface area contributed by atoms with E-state index in [0.717, 1.165) is 5.56 Å². The van der Waals surface area contributed by atoms with Crippen LogP contribution in [0.15, 0.2) is 18.2 Å². The SMILES string of the molecule is CC(=O)Cc1ccc(NC(C)=O)cc1N. The van der Waals surface area contributed by atoms with Crippen LogP contribution in [0.3, 0.4) is 0 Å². The van der Waals surface area contributed by atoms with E-state index in [-0.39, 0.29) is 11.7 Å². The highest BCUT2D eigenvalue weighted by Crippen LogP contribution is 2.18. The van der Waals surface area contributed by atoms with Crippen molar-refractivity contribution < 1.29 is 9.59 Å². The van der Waals surface area contributed by atoms with Gasteiger partial charge < -0.3 is 11.1 Å². The highest BCUT2D eigenvalue weighted by atomic mass is 16.1. The lowest BCUT2D eigenvalue weighted by Gasteiger charge is -2.07. The molecule has 0 aliphatic carbocycles. The first-order valence-electron chi connectivity index (χ1n) is 4.64. The fourth-order valence-corrected chi connectivity index (χ4v) is 1.31. The minimum atomic E-state index is -0.145. The van der Waals surface area contributed by atoms with Crippen LogP contribution in [0, 0.1) is 0 Å². The first-order chi connectivity index (χ1) is 6.99. The second kappa shape index (κ2) is 4.59. The molecule has 1 aromatic carbocycles. The molecule has 1 amide bonds. The highest BCUT2D eigenvalue weighted by Gasteiger charge is 2.04. The summed E-state index contributed by atoms with van der Waals surface area (Å²) in [5.74, 6) is -0.0808. The van der Waals surface area contributed by atoms with Crippen LogP contribution in [0.4, 0.5) is 11.4 Å². The van der Waals surface area contributed by atoms with Crippen LogP contribution >= 0.6 is 0 Å². The van der Waals surface area contributed by atoms with Crippen LogP contribution in [0.2, 0.25) is 0 Å². The molecule has 0 fully saturated rings. The van der Waals surface area contributed by atoms with Crippen LogP contribution in [0.1, 0.15) is 19.4 Å². The van der Waals surface area contributed by atoms with Gasteiger partial charge in [-0.25, -0.2) is 0 Å². The monoisotopic (exact) mass is 206 g/mol. The summed E-state index contributed by atoms with van der Waals surface area (Å²) in [7, 11) is 0. The van der Waals surface area contributed by atoms with Crippen molar-refractivity contribution in [2.75, 3.05) is 11.1 Å². The average molecular weight is 206 g/mol. The number of nitrogens with one attached hydrogen (secondary N) is 1. The summed E-state index contributed by atoms with van der Waals surface area (Å²) < 4.78 is 0. The molecule has 4 heteroatoms. The molecule has 80 valence electrons. The number of carbonyl (C=O) groups is 2. The Morgan fingerprint density at radius 2 is 2.00 bits per heavy atom. The lowest BCUT2D eigenvalue weighted by molar-refractivity contribution is -0.116. The first kappa shape index (κ1) is 11.2. The second-order valence-electron chi connectivity index (χ2n) is 3.47. The zero-order valence-corrected chi connectivity index (χ0v) is 8.83. The summed E-state index contributed by atoms with van der Waals surface area (Å²) in [6.45, 7) is 2.95. The van der Waals surface area contributed by atoms with Gasteiger partial charge in [0, 0.05) is 24.7 Å². The zero-order valence-electron chi connectivity index (χ0n) is 8.83. The van der Waals surface area contributed by atoms with Gasteiger partial charge in [-0.15, -0.1) is 0 Å². The number of Topliss-reactive ketones (excluding diaryl/α,β-unsaturated/α-hetero) is 1. The molecular weight excluding hydrogens is 192 g/mol. The quantitative estimate of drug-likeness (QED) is 0.733. The summed E-state index contributed by atoms with van der Waals surface area (Å²) in [6.07, 6.45) is 0.326. The summed E-state index contributed by atoms with van der Waals surface area (Å²) in [6, 6.07) is 5.14. The number of ketones is 1. The van der Waals surface area contributed by atoms with Crippen molar-refractivity contribution >= 4 is 23.1 Å². The standard InChI is InChI=1S/C11H14N2O2/c1-7(14)5-9-3-4-10(6-11(9)12)13-8(2)15/h3-4,6H,5,12H2,1-2H3,(H,13,15). The Morgan fingerprint density at radius 1 is 1.33 bits per heavy atom. The maximum Gasteiger partial charge on any atom is 0.221 e. The molecule has 15 heavy (non-hydrogen) atoms. The molecule has 0 atom stereocenters. The number of nitrogen functional groups attached to an aromatic ring is 1. The van der Waals surface area contributed by atoms with Crippen LogP contribution in [-0.4, -0.2) is 11.7 Å². The normalized spacial score (nSPS) is 9.73. The van der Waals surface area contributed by atoms with Crippen molar-refractivity contribution in [3.8, 4) is 0 Å². The molecule has 3 N–H and O–H groups in total. The third-order valence-corrected chi connectivity index (χ3v) is 1.91. The molecular formula is C11H14N2O2. The van der Waals surface area contributed by atoms with Crippen molar-refractivity contribution in [2.45, 2.75) is 20.3 Å². The van der Waals surface area contributed by atoms with Gasteiger partial charge in [-0.05, 0) is 24.6 Å². The maximum atomic E-state index is 10.9. The number of anilines is 2. The van der Waals surface area contributed by atoms with Gasteiger partial charge in [-0.3, -0.25) is 9.59 Å². The van der Waals surface area contributed by atoms with Gasteiger partial charge in [0.1, 0.15) is 5.78 Å². The molecule has 0 aliphatic rings. The van der Waals surface area contributed by atoms with E-state index in [1.54, 1.807) is 18.2 Å². The fraction of sp³-hybridized carbons (Fsp3) is 0.273. The van der Waals surface area contributed by atoms with E-state index in [2.05, 4.69) is 5.32 Å². The summed E-state index contributed by atoms with van der Waals surface area (Å²) in [5.41, 5.74) is 7.70. The Balaban J connectivity index is 2.87. The molecule has 0 radical (unpaired) electrons.